The third-order valence-corrected chi connectivity index (χ3v) is 6.82. The number of hydrogen-bond donors (Lipinski definition) is 0. The number of aromatic nitrogens is 2. The fraction of sp³-hybridized carbons (Fsp3) is 0.0333. The lowest BCUT2D eigenvalue weighted by molar-refractivity contribution is 0.304. The van der Waals surface area contributed by atoms with Crippen molar-refractivity contribution in [3.8, 4) is 17.3 Å². The summed E-state index contributed by atoms with van der Waals surface area (Å²) in [5.74, 6) is 1.41. The molecule has 4 aromatic carbocycles. The van der Waals surface area contributed by atoms with Crippen LogP contribution in [0.4, 0.5) is 0 Å². The second-order valence-electron chi connectivity index (χ2n) is 8.57. The molecule has 186 valence electrons. The van der Waals surface area contributed by atoms with E-state index in [-0.39, 0.29) is 5.56 Å². The maximum Gasteiger partial charge on any atom is 0.282 e. The summed E-state index contributed by atoms with van der Waals surface area (Å²) in [6.45, 7) is 0.455. The zero-order chi connectivity index (χ0) is 26.1. The maximum atomic E-state index is 13.5. The third-order valence-electron chi connectivity index (χ3n) is 5.97. The van der Waals surface area contributed by atoms with Gasteiger partial charge in [-0.15, -0.1) is 0 Å². The molecule has 0 unspecified atom stereocenters. The largest absolute Gasteiger partial charge is 0.488 e. The summed E-state index contributed by atoms with van der Waals surface area (Å²) in [4.78, 5) is 18.2. The topological polar surface area (TPSA) is 69.6 Å². The van der Waals surface area contributed by atoms with Gasteiger partial charge >= 0.3 is 0 Å². The zero-order valence-corrected chi connectivity index (χ0v) is 22.2. The molecule has 2 aromatic heterocycles. The highest BCUT2D eigenvalue weighted by Gasteiger charge is 2.16. The lowest BCUT2D eigenvalue weighted by Crippen LogP contribution is -2.20. The van der Waals surface area contributed by atoms with E-state index in [1.165, 1.54) is 4.68 Å². The van der Waals surface area contributed by atoms with E-state index < -0.39 is 0 Å². The van der Waals surface area contributed by atoms with E-state index in [0.717, 1.165) is 21.0 Å². The Labute approximate surface area is 230 Å². The van der Waals surface area contributed by atoms with Crippen molar-refractivity contribution < 1.29 is 9.15 Å². The van der Waals surface area contributed by atoms with Gasteiger partial charge in [-0.2, -0.15) is 9.78 Å². The van der Waals surface area contributed by atoms with Gasteiger partial charge in [0.2, 0.25) is 5.82 Å². The lowest BCUT2D eigenvalue weighted by atomic mass is 10.2. The molecule has 0 atom stereocenters. The van der Waals surface area contributed by atoms with Gasteiger partial charge in [0, 0.05) is 10.4 Å². The number of hydrogen-bond acceptors (Lipinski definition) is 5. The number of furan rings is 1. The number of ether oxygens (including phenoxy) is 1. The summed E-state index contributed by atoms with van der Waals surface area (Å²) in [7, 11) is 0. The van der Waals surface area contributed by atoms with Crippen molar-refractivity contribution in [1.29, 1.82) is 0 Å². The Kier molecular flexibility index (Phi) is 6.54. The Hall–Kier alpha value is -4.20. The summed E-state index contributed by atoms with van der Waals surface area (Å²) >= 11 is 9.73. The molecule has 0 radical (unpaired) electrons. The minimum absolute atomic E-state index is 0.291. The first-order valence-corrected chi connectivity index (χ1v) is 12.9. The summed E-state index contributed by atoms with van der Waals surface area (Å²) < 4.78 is 14.0. The molecule has 0 N–H and O–H groups in total. The van der Waals surface area contributed by atoms with Crippen LogP contribution in [0.2, 0.25) is 5.02 Å². The van der Waals surface area contributed by atoms with E-state index in [1.54, 1.807) is 48.7 Å². The molecule has 6 rings (SSSR count). The lowest BCUT2D eigenvalue weighted by Gasteiger charge is -2.09. The van der Waals surface area contributed by atoms with Gasteiger partial charge in [0.1, 0.15) is 17.9 Å². The van der Waals surface area contributed by atoms with Gasteiger partial charge in [0.05, 0.1) is 21.6 Å². The highest BCUT2D eigenvalue weighted by atomic mass is 79.9. The van der Waals surface area contributed by atoms with Gasteiger partial charge in [-0.1, -0.05) is 54.1 Å². The third kappa shape index (κ3) is 4.86. The second-order valence-corrected chi connectivity index (χ2v) is 9.86. The van der Waals surface area contributed by atoms with E-state index in [0.29, 0.717) is 45.4 Å². The Bertz CT molecular complexity index is 1880. The average Bonchev–Trinajstić information content (AvgIpc) is 3.35. The molecule has 0 bridgehead atoms. The van der Waals surface area contributed by atoms with E-state index in [9.17, 15) is 4.79 Å². The van der Waals surface area contributed by atoms with Crippen LogP contribution in [0.5, 0.6) is 5.75 Å². The van der Waals surface area contributed by atoms with Crippen LogP contribution in [-0.4, -0.2) is 15.9 Å². The van der Waals surface area contributed by atoms with Crippen molar-refractivity contribution in [1.82, 2.24) is 9.66 Å². The molecule has 2 heterocycles. The monoisotopic (exact) mass is 583 g/mol. The van der Waals surface area contributed by atoms with Crippen LogP contribution in [0.15, 0.2) is 116 Å². The van der Waals surface area contributed by atoms with Crippen LogP contribution in [0.25, 0.3) is 33.5 Å². The maximum absolute atomic E-state index is 13.5. The molecule has 0 fully saturated rings. The zero-order valence-electron chi connectivity index (χ0n) is 19.8. The van der Waals surface area contributed by atoms with Crippen molar-refractivity contribution in [3.05, 3.63) is 128 Å². The van der Waals surface area contributed by atoms with Crippen LogP contribution in [0, 0.1) is 0 Å². The second kappa shape index (κ2) is 10.3. The predicted octanol–water partition coefficient (Wildman–Crippen LogP) is 7.69. The molecule has 0 aliphatic carbocycles. The first kappa shape index (κ1) is 24.2. The normalized spacial score (nSPS) is 11.5. The van der Waals surface area contributed by atoms with Gasteiger partial charge in [-0.05, 0) is 81.7 Å². The smallest absolute Gasteiger partial charge is 0.282 e. The number of benzene rings is 4. The van der Waals surface area contributed by atoms with Gasteiger partial charge in [0.25, 0.3) is 5.56 Å². The first-order valence-electron chi connectivity index (χ1n) is 11.8. The number of para-hydroxylation sites is 1. The summed E-state index contributed by atoms with van der Waals surface area (Å²) in [5.41, 5.74) is 2.74. The van der Waals surface area contributed by atoms with Gasteiger partial charge in [-0.3, -0.25) is 4.79 Å². The Balaban J connectivity index is 1.37. The van der Waals surface area contributed by atoms with Gasteiger partial charge in [-0.25, -0.2) is 4.98 Å². The standard InChI is InChI=1S/C30H19BrClN3O3/c31-24-14-20(10-12-27(24)37-18-19-6-2-1-3-7-19)17-33-35-29(34-25-9-5-4-8-23(25)30(35)36)28-16-21-15-22(32)11-13-26(21)38-28/h1-17H,18H2. The Morgan fingerprint density at radius 1 is 0.974 bits per heavy atom. The molecule has 0 amide bonds. The number of halogens is 2. The number of nitrogens with zero attached hydrogens (tertiary/aromatic N) is 3. The Morgan fingerprint density at radius 2 is 1.79 bits per heavy atom. The van der Waals surface area contributed by atoms with Crippen LogP contribution in [0.1, 0.15) is 11.1 Å². The van der Waals surface area contributed by atoms with Crippen molar-refractivity contribution in [2.75, 3.05) is 0 Å². The summed E-state index contributed by atoms with van der Waals surface area (Å²) in [5, 5.41) is 6.38. The van der Waals surface area contributed by atoms with E-state index in [1.807, 2.05) is 54.6 Å². The van der Waals surface area contributed by atoms with Crippen LogP contribution < -0.4 is 10.3 Å². The molecule has 0 saturated carbocycles. The molecular weight excluding hydrogens is 566 g/mol. The minimum Gasteiger partial charge on any atom is -0.488 e. The number of fused-ring (bicyclic) bond motifs is 2. The SMILES string of the molecule is O=c1c2ccccc2nc(-c2cc3cc(Cl)ccc3o2)n1N=Cc1ccc(OCc2ccccc2)c(Br)c1. The van der Waals surface area contributed by atoms with Crippen LogP contribution in [-0.2, 0) is 6.61 Å². The van der Waals surface area contributed by atoms with Crippen LogP contribution in [0.3, 0.4) is 0 Å². The molecular formula is C30H19BrClN3O3. The van der Waals surface area contributed by atoms with Crippen molar-refractivity contribution in [2.45, 2.75) is 6.61 Å². The molecule has 0 saturated heterocycles. The first-order chi connectivity index (χ1) is 18.5. The molecule has 6 aromatic rings. The van der Waals surface area contributed by atoms with Crippen molar-refractivity contribution in [3.63, 3.8) is 0 Å². The van der Waals surface area contributed by atoms with Gasteiger partial charge < -0.3 is 9.15 Å². The van der Waals surface area contributed by atoms with Crippen LogP contribution >= 0.6 is 27.5 Å². The summed E-state index contributed by atoms with van der Waals surface area (Å²) in [6.07, 6.45) is 1.60. The molecule has 8 heteroatoms. The molecule has 0 spiro atoms. The number of rotatable bonds is 6. The molecule has 6 nitrogen and oxygen atoms in total. The van der Waals surface area contributed by atoms with Crippen molar-refractivity contribution >= 4 is 55.6 Å². The molecule has 0 aliphatic rings. The highest BCUT2D eigenvalue weighted by Crippen LogP contribution is 2.29. The van der Waals surface area contributed by atoms with E-state index in [4.69, 9.17) is 25.7 Å². The quantitative estimate of drug-likeness (QED) is 0.188. The fourth-order valence-corrected chi connectivity index (χ4v) is 4.78. The van der Waals surface area contributed by atoms with Gasteiger partial charge in [0.15, 0.2) is 5.76 Å². The fourth-order valence-electron chi connectivity index (χ4n) is 4.09. The minimum atomic E-state index is -0.304. The summed E-state index contributed by atoms with van der Waals surface area (Å²) in [6, 6.07) is 29.9. The predicted molar refractivity (Wildman–Crippen MR) is 154 cm³/mol. The van der Waals surface area contributed by atoms with E-state index >= 15 is 0 Å². The van der Waals surface area contributed by atoms with Crippen molar-refractivity contribution in [2.24, 2.45) is 5.10 Å². The molecule has 0 aliphatic heterocycles. The average molecular weight is 585 g/mol. The Morgan fingerprint density at radius 3 is 2.63 bits per heavy atom. The van der Waals surface area contributed by atoms with E-state index in [2.05, 4.69) is 21.0 Å². The molecule has 38 heavy (non-hydrogen) atoms. The highest BCUT2D eigenvalue weighted by molar-refractivity contribution is 9.10.